The first-order valence-corrected chi connectivity index (χ1v) is 15.4. The topological polar surface area (TPSA) is 177 Å². The lowest BCUT2D eigenvalue weighted by atomic mass is 9.86. The normalized spacial score (nSPS) is 19.7. The molecule has 0 atom stereocenters. The third-order valence-corrected chi connectivity index (χ3v) is 8.83. The number of piperidine rings is 1. The number of benzene rings is 1. The number of anilines is 1. The number of rotatable bonds is 7. The van der Waals surface area contributed by atoms with Crippen molar-refractivity contribution in [1.29, 1.82) is 0 Å². The molecule has 0 unspecified atom stereocenters. The van der Waals surface area contributed by atoms with Crippen LogP contribution < -0.4 is 16.4 Å². The van der Waals surface area contributed by atoms with Gasteiger partial charge in [0.2, 0.25) is 5.91 Å². The molecule has 0 spiro atoms. The van der Waals surface area contributed by atoms with Crippen LogP contribution in [0.25, 0.3) is 11.3 Å². The molecule has 3 aliphatic rings. The number of carboxylic acid groups (broad SMARTS) is 1. The van der Waals surface area contributed by atoms with E-state index < -0.39 is 17.8 Å². The second-order valence-corrected chi connectivity index (χ2v) is 12.3. The van der Waals surface area contributed by atoms with Crippen LogP contribution >= 0.6 is 11.6 Å². The number of alkyl halides is 3. The van der Waals surface area contributed by atoms with Crippen molar-refractivity contribution in [2.24, 2.45) is 18.7 Å². The van der Waals surface area contributed by atoms with Crippen molar-refractivity contribution in [3.63, 3.8) is 0 Å². The number of carbonyl (C=O) groups is 4. The highest BCUT2D eigenvalue weighted by Crippen LogP contribution is 2.41. The second kappa shape index (κ2) is 13.7. The second-order valence-electron chi connectivity index (χ2n) is 11.9. The molecule has 1 aromatic carbocycles. The van der Waals surface area contributed by atoms with Gasteiger partial charge in [-0.25, -0.2) is 4.98 Å². The van der Waals surface area contributed by atoms with Crippen molar-refractivity contribution in [3.8, 4) is 11.3 Å². The number of nitrogens with one attached hydrogen (secondary N) is 2. The van der Waals surface area contributed by atoms with Gasteiger partial charge in [0.15, 0.2) is 11.5 Å². The Morgan fingerprint density at radius 3 is 2.36 bits per heavy atom. The zero-order valence-corrected chi connectivity index (χ0v) is 26.1. The highest BCUT2D eigenvalue weighted by atomic mass is 35.5. The van der Waals surface area contributed by atoms with Gasteiger partial charge in [0.1, 0.15) is 0 Å². The highest BCUT2D eigenvalue weighted by Gasteiger charge is 2.40. The van der Waals surface area contributed by atoms with Gasteiger partial charge in [0.25, 0.3) is 18.3 Å². The number of aromatic nitrogens is 4. The lowest BCUT2D eigenvalue weighted by Crippen LogP contribution is -2.52. The summed E-state index contributed by atoms with van der Waals surface area (Å²) in [4.78, 5) is 52.9. The third kappa shape index (κ3) is 7.59. The summed E-state index contributed by atoms with van der Waals surface area (Å²) >= 11 is 6.44. The maximum atomic E-state index is 13.7. The molecule has 3 heterocycles. The number of hydrogen-bond donors (Lipinski definition) is 4. The minimum absolute atomic E-state index is 0.00100. The number of hydrogen-bond acceptors (Lipinski definition) is 7. The first-order valence-electron chi connectivity index (χ1n) is 15.0. The fourth-order valence-electron chi connectivity index (χ4n) is 5.75. The molecule has 17 heteroatoms. The van der Waals surface area contributed by atoms with Gasteiger partial charge < -0.3 is 30.9 Å². The number of nitrogens with zero attached hydrogens (tertiary/aromatic N) is 5. The number of likely N-dealkylation sites (tertiary alicyclic amines) is 1. The maximum Gasteiger partial charge on any atom is 0.435 e. The van der Waals surface area contributed by atoms with Gasteiger partial charge in [-0.15, -0.1) is 0 Å². The Labute approximate surface area is 272 Å². The smallest absolute Gasteiger partial charge is 0.435 e. The van der Waals surface area contributed by atoms with E-state index in [1.165, 1.54) is 46.9 Å². The van der Waals surface area contributed by atoms with Crippen LogP contribution in [0.4, 0.5) is 18.9 Å². The number of amides is 3. The van der Waals surface area contributed by atoms with Crippen LogP contribution in [0.2, 0.25) is 5.02 Å². The average Bonchev–Trinajstić information content (AvgIpc) is 3.63. The number of nitrogens with two attached hydrogens (primary N) is 1. The molecule has 6 rings (SSSR count). The Hall–Kier alpha value is -4.44. The summed E-state index contributed by atoms with van der Waals surface area (Å²) in [6.45, 7) is 0.569. The molecular weight excluding hydrogens is 645 g/mol. The monoisotopic (exact) mass is 678 g/mol. The van der Waals surface area contributed by atoms with Crippen molar-refractivity contribution in [1.82, 2.24) is 29.5 Å². The van der Waals surface area contributed by atoms with Crippen molar-refractivity contribution in [3.05, 3.63) is 52.7 Å². The van der Waals surface area contributed by atoms with Crippen LogP contribution in [-0.4, -0.2) is 78.7 Å². The molecule has 2 aromatic heterocycles. The molecule has 3 aromatic rings. The fourth-order valence-corrected chi connectivity index (χ4v) is 6.01. The lowest BCUT2D eigenvalue weighted by Gasteiger charge is -2.36. The molecule has 3 amide bonds. The van der Waals surface area contributed by atoms with E-state index in [1.54, 1.807) is 4.90 Å². The van der Waals surface area contributed by atoms with Crippen molar-refractivity contribution in [2.75, 3.05) is 18.4 Å². The molecule has 47 heavy (non-hydrogen) atoms. The van der Waals surface area contributed by atoms with E-state index in [4.69, 9.17) is 27.2 Å². The molecule has 5 N–H and O–H groups in total. The van der Waals surface area contributed by atoms with Crippen molar-refractivity contribution < 1.29 is 37.5 Å². The molecule has 2 aliphatic carbocycles. The predicted octanol–water partition coefficient (Wildman–Crippen LogP) is 3.70. The quantitative estimate of drug-likeness (QED) is 0.273. The average molecular weight is 679 g/mol. The largest absolute Gasteiger partial charge is 0.483 e. The molecule has 13 nitrogen and oxygen atoms in total. The summed E-state index contributed by atoms with van der Waals surface area (Å²) in [5.41, 5.74) is 5.24. The van der Waals surface area contributed by atoms with Crippen LogP contribution in [0, 0.1) is 5.92 Å². The molecule has 0 radical (unpaired) electrons. The SMILES string of the molecule is Cn1c(-c2cn(C3CC3)nc2C(F)(F)F)cnc1C(=O)Nc1ccc(C(=O)N2CCC(C(=O)NC3CC(N)C3)CC2)c(Cl)c1.O=CO. The maximum absolute atomic E-state index is 13.7. The lowest BCUT2D eigenvalue weighted by molar-refractivity contribution is -0.141. The van der Waals surface area contributed by atoms with Gasteiger partial charge in [-0.2, -0.15) is 18.3 Å². The molecule has 3 fully saturated rings. The van der Waals surface area contributed by atoms with Gasteiger partial charge in [0.05, 0.1) is 34.1 Å². The van der Waals surface area contributed by atoms with Crippen molar-refractivity contribution in [2.45, 2.75) is 62.8 Å². The van der Waals surface area contributed by atoms with Gasteiger partial charge in [-0.1, -0.05) is 11.6 Å². The molecule has 1 saturated heterocycles. The van der Waals surface area contributed by atoms with Gasteiger partial charge in [-0.3, -0.25) is 23.9 Å². The van der Waals surface area contributed by atoms with Gasteiger partial charge >= 0.3 is 6.18 Å². The predicted molar refractivity (Wildman–Crippen MR) is 164 cm³/mol. The van der Waals surface area contributed by atoms with Gasteiger partial charge in [0, 0.05) is 50.0 Å². The summed E-state index contributed by atoms with van der Waals surface area (Å²) in [5.74, 6) is -1.22. The van der Waals surface area contributed by atoms with Crippen LogP contribution in [0.3, 0.4) is 0 Å². The summed E-state index contributed by atoms with van der Waals surface area (Å²) in [7, 11) is 1.45. The summed E-state index contributed by atoms with van der Waals surface area (Å²) < 4.78 is 43.8. The van der Waals surface area contributed by atoms with Crippen molar-refractivity contribution >= 4 is 41.5 Å². The number of imidazole rings is 1. The van der Waals surface area contributed by atoms with E-state index in [0.717, 1.165) is 25.7 Å². The number of halogens is 4. The fraction of sp³-hybridized carbons (Fsp3) is 0.467. The van der Waals surface area contributed by atoms with E-state index >= 15 is 0 Å². The summed E-state index contributed by atoms with van der Waals surface area (Å²) in [5, 5.41) is 16.4. The van der Waals surface area contributed by atoms with Crippen LogP contribution in [0.15, 0.2) is 30.6 Å². The zero-order chi connectivity index (χ0) is 34.0. The molecule has 252 valence electrons. The Morgan fingerprint density at radius 1 is 1.13 bits per heavy atom. The highest BCUT2D eigenvalue weighted by molar-refractivity contribution is 6.34. The van der Waals surface area contributed by atoms with Crippen LogP contribution in [-0.2, 0) is 22.8 Å². The van der Waals surface area contributed by atoms with E-state index in [0.29, 0.717) is 25.9 Å². The minimum Gasteiger partial charge on any atom is -0.483 e. The Balaban J connectivity index is 0.00000139. The number of carbonyl (C=O) groups excluding carboxylic acids is 3. The summed E-state index contributed by atoms with van der Waals surface area (Å²) in [6.07, 6.45) is 2.07. The van der Waals surface area contributed by atoms with E-state index in [9.17, 15) is 27.6 Å². The van der Waals surface area contributed by atoms with Crippen LogP contribution in [0.1, 0.15) is 71.2 Å². The Bertz CT molecular complexity index is 1660. The van der Waals surface area contributed by atoms with Gasteiger partial charge in [-0.05, 0) is 56.7 Å². The van der Waals surface area contributed by atoms with Crippen LogP contribution in [0.5, 0.6) is 0 Å². The first-order chi connectivity index (χ1) is 22.3. The third-order valence-electron chi connectivity index (χ3n) is 8.52. The first kappa shape index (κ1) is 33.9. The summed E-state index contributed by atoms with van der Waals surface area (Å²) in [6, 6.07) is 4.68. The zero-order valence-electron chi connectivity index (χ0n) is 25.3. The molecule has 2 saturated carbocycles. The Kier molecular flexibility index (Phi) is 9.91. The molecule has 1 aliphatic heterocycles. The molecule has 0 bridgehead atoms. The van der Waals surface area contributed by atoms with E-state index in [1.807, 2.05) is 0 Å². The Morgan fingerprint density at radius 2 is 1.79 bits per heavy atom. The molecular formula is C30H34ClF3N8O5. The minimum atomic E-state index is -4.67. The standard InChI is InChI=1S/C29H32ClF3N8O3.CH2O2/c1-39-23(21-14-41(19-3-4-19)38-24(21)29(31,32)33)13-35-25(39)27(43)36-17-2-5-20(22(30)12-17)28(44)40-8-6-15(7-9-40)26(42)37-18-10-16(34)11-18;2-1-3/h2,5,12-16,18-19H,3-4,6-11,34H2,1H3,(H,36,43)(H,37,42);1H,(H,2,3). The van der Waals surface area contributed by atoms with E-state index in [2.05, 4.69) is 20.7 Å². The van der Waals surface area contributed by atoms with E-state index in [-0.39, 0.29) is 75.7 Å².